The average Bonchev–Trinajstić information content (AvgIpc) is 3.16. The van der Waals surface area contributed by atoms with Crippen LogP contribution in [0, 0.1) is 5.92 Å². The van der Waals surface area contributed by atoms with Crippen LogP contribution in [0.25, 0.3) is 0 Å². The standard InChI is InChI=1S/C16H23BO4S/c1-15(2)16(3,4)21-17(20-15)13-6-5-7-14(10-13)22(18,19)11-12-8-9-12/h5-7,10,12H,8-9,11H2,1-4H3. The van der Waals surface area contributed by atoms with Crippen molar-refractivity contribution in [3.63, 3.8) is 0 Å². The van der Waals surface area contributed by atoms with Crippen molar-refractivity contribution in [2.24, 2.45) is 5.92 Å². The van der Waals surface area contributed by atoms with Crippen LogP contribution >= 0.6 is 0 Å². The highest BCUT2D eigenvalue weighted by Crippen LogP contribution is 2.36. The van der Waals surface area contributed by atoms with Gasteiger partial charge in [-0.05, 0) is 64.1 Å². The van der Waals surface area contributed by atoms with Gasteiger partial charge in [0, 0.05) is 0 Å². The van der Waals surface area contributed by atoms with E-state index in [2.05, 4.69) is 0 Å². The van der Waals surface area contributed by atoms with E-state index in [0.29, 0.717) is 10.8 Å². The molecule has 0 unspecified atom stereocenters. The maximum Gasteiger partial charge on any atom is 0.494 e. The first kappa shape index (κ1) is 16.0. The van der Waals surface area contributed by atoms with Crippen LogP contribution < -0.4 is 5.46 Å². The van der Waals surface area contributed by atoms with Gasteiger partial charge in [0.05, 0.1) is 21.9 Å². The van der Waals surface area contributed by atoms with Crippen molar-refractivity contribution < 1.29 is 17.7 Å². The first-order valence-electron chi connectivity index (χ1n) is 7.79. The van der Waals surface area contributed by atoms with E-state index in [1.54, 1.807) is 18.2 Å². The lowest BCUT2D eigenvalue weighted by Crippen LogP contribution is -2.41. The van der Waals surface area contributed by atoms with Crippen molar-refractivity contribution in [2.75, 3.05) is 5.75 Å². The molecule has 2 fully saturated rings. The molecule has 3 rings (SSSR count). The van der Waals surface area contributed by atoms with Crippen LogP contribution in [-0.2, 0) is 19.1 Å². The maximum absolute atomic E-state index is 12.4. The summed E-state index contributed by atoms with van der Waals surface area (Å²) in [5, 5.41) is 0. The molecule has 0 spiro atoms. The lowest BCUT2D eigenvalue weighted by molar-refractivity contribution is 0.00578. The fourth-order valence-corrected chi connectivity index (χ4v) is 4.27. The van der Waals surface area contributed by atoms with E-state index in [1.807, 2.05) is 33.8 Å². The number of rotatable bonds is 4. The largest absolute Gasteiger partial charge is 0.494 e. The third-order valence-electron chi connectivity index (χ3n) is 4.89. The lowest BCUT2D eigenvalue weighted by atomic mass is 9.79. The summed E-state index contributed by atoms with van der Waals surface area (Å²) in [5.74, 6) is 0.588. The third-order valence-corrected chi connectivity index (χ3v) is 6.78. The molecule has 0 amide bonds. The molecule has 120 valence electrons. The Morgan fingerprint density at radius 1 is 1.14 bits per heavy atom. The molecule has 6 heteroatoms. The van der Waals surface area contributed by atoms with Gasteiger partial charge in [-0.25, -0.2) is 8.42 Å². The number of sulfone groups is 1. The molecule has 1 aromatic rings. The Labute approximate surface area is 133 Å². The molecule has 1 aliphatic carbocycles. The van der Waals surface area contributed by atoms with Gasteiger partial charge in [-0.3, -0.25) is 0 Å². The second-order valence-electron chi connectivity index (χ2n) is 7.39. The predicted molar refractivity (Wildman–Crippen MR) is 86.9 cm³/mol. The third kappa shape index (κ3) is 2.96. The highest BCUT2D eigenvalue weighted by atomic mass is 32.2. The second-order valence-corrected chi connectivity index (χ2v) is 9.42. The van der Waals surface area contributed by atoms with Gasteiger partial charge in [-0.1, -0.05) is 12.1 Å². The lowest BCUT2D eigenvalue weighted by Gasteiger charge is -2.32. The van der Waals surface area contributed by atoms with E-state index >= 15 is 0 Å². The van der Waals surface area contributed by atoms with E-state index < -0.39 is 28.2 Å². The Morgan fingerprint density at radius 2 is 1.73 bits per heavy atom. The van der Waals surface area contributed by atoms with Crippen molar-refractivity contribution in [1.82, 2.24) is 0 Å². The summed E-state index contributed by atoms with van der Waals surface area (Å²) in [7, 11) is -3.74. The van der Waals surface area contributed by atoms with Crippen LogP contribution in [0.1, 0.15) is 40.5 Å². The van der Waals surface area contributed by atoms with Gasteiger partial charge in [-0.15, -0.1) is 0 Å². The number of hydrogen-bond donors (Lipinski definition) is 0. The van der Waals surface area contributed by atoms with Crippen LogP contribution in [0.2, 0.25) is 0 Å². The molecule has 22 heavy (non-hydrogen) atoms. The zero-order chi connectivity index (χ0) is 16.2. The Balaban J connectivity index is 1.86. The summed E-state index contributed by atoms with van der Waals surface area (Å²) in [6.07, 6.45) is 2.05. The van der Waals surface area contributed by atoms with E-state index in [1.165, 1.54) is 0 Å². The topological polar surface area (TPSA) is 52.6 Å². The minimum atomic E-state index is -3.22. The minimum Gasteiger partial charge on any atom is -0.399 e. The molecule has 0 aromatic heterocycles. The van der Waals surface area contributed by atoms with Gasteiger partial charge in [0.15, 0.2) is 9.84 Å². The fourth-order valence-electron chi connectivity index (χ4n) is 2.52. The summed E-state index contributed by atoms with van der Waals surface area (Å²) in [6, 6.07) is 6.98. The fraction of sp³-hybridized carbons (Fsp3) is 0.625. The molecular formula is C16H23BO4S. The van der Waals surface area contributed by atoms with Crippen molar-refractivity contribution in [3.8, 4) is 0 Å². The van der Waals surface area contributed by atoms with Crippen molar-refractivity contribution in [2.45, 2.75) is 56.6 Å². The van der Waals surface area contributed by atoms with Crippen molar-refractivity contribution in [3.05, 3.63) is 24.3 Å². The monoisotopic (exact) mass is 322 g/mol. The molecule has 1 saturated carbocycles. The zero-order valence-electron chi connectivity index (χ0n) is 13.6. The molecule has 2 aliphatic rings. The van der Waals surface area contributed by atoms with Crippen LogP contribution in [0.5, 0.6) is 0 Å². The minimum absolute atomic E-state index is 0.250. The van der Waals surface area contributed by atoms with Gasteiger partial charge >= 0.3 is 7.12 Å². The molecular weight excluding hydrogens is 299 g/mol. The van der Waals surface area contributed by atoms with E-state index in [-0.39, 0.29) is 5.75 Å². The predicted octanol–water partition coefficient (Wildman–Crippen LogP) is 2.17. The molecule has 0 N–H and O–H groups in total. The second kappa shape index (κ2) is 5.08. The summed E-state index contributed by atoms with van der Waals surface area (Å²) in [6.45, 7) is 7.95. The molecule has 1 heterocycles. The first-order chi connectivity index (χ1) is 10.1. The summed E-state index contributed by atoms with van der Waals surface area (Å²) in [5.41, 5.74) is -0.100. The van der Waals surface area contributed by atoms with E-state index in [4.69, 9.17) is 9.31 Å². The molecule has 1 saturated heterocycles. The molecule has 0 atom stereocenters. The highest BCUT2D eigenvalue weighted by molar-refractivity contribution is 7.91. The molecule has 4 nitrogen and oxygen atoms in total. The molecule has 1 aliphatic heterocycles. The Bertz CT molecular complexity index is 661. The van der Waals surface area contributed by atoms with Crippen LogP contribution in [0.3, 0.4) is 0 Å². The van der Waals surface area contributed by atoms with Crippen molar-refractivity contribution >= 4 is 22.4 Å². The van der Waals surface area contributed by atoms with Gasteiger partial charge in [0.25, 0.3) is 0 Å². The Kier molecular flexibility index (Phi) is 3.70. The van der Waals surface area contributed by atoms with E-state index in [9.17, 15) is 8.42 Å². The normalized spacial score (nSPS) is 23.7. The SMILES string of the molecule is CC1(C)OB(c2cccc(S(=O)(=O)CC3CC3)c2)OC1(C)C. The zero-order valence-corrected chi connectivity index (χ0v) is 14.4. The van der Waals surface area contributed by atoms with Gasteiger partial charge < -0.3 is 9.31 Å². The van der Waals surface area contributed by atoms with Crippen LogP contribution in [0.4, 0.5) is 0 Å². The molecule has 0 radical (unpaired) electrons. The summed E-state index contributed by atoms with van der Waals surface area (Å²) < 4.78 is 36.8. The number of benzene rings is 1. The average molecular weight is 322 g/mol. The Hall–Kier alpha value is -0.845. The summed E-state index contributed by atoms with van der Waals surface area (Å²) >= 11 is 0. The van der Waals surface area contributed by atoms with Crippen LogP contribution in [0.15, 0.2) is 29.2 Å². The summed E-state index contributed by atoms with van der Waals surface area (Å²) in [4.78, 5) is 0.367. The smallest absolute Gasteiger partial charge is 0.399 e. The van der Waals surface area contributed by atoms with Crippen molar-refractivity contribution in [1.29, 1.82) is 0 Å². The van der Waals surface area contributed by atoms with Gasteiger partial charge in [0.1, 0.15) is 0 Å². The number of hydrogen-bond acceptors (Lipinski definition) is 4. The van der Waals surface area contributed by atoms with E-state index in [0.717, 1.165) is 18.3 Å². The highest BCUT2D eigenvalue weighted by Gasteiger charge is 2.51. The van der Waals surface area contributed by atoms with Gasteiger partial charge in [-0.2, -0.15) is 0 Å². The first-order valence-corrected chi connectivity index (χ1v) is 9.44. The maximum atomic E-state index is 12.4. The Morgan fingerprint density at radius 3 is 2.27 bits per heavy atom. The van der Waals surface area contributed by atoms with Gasteiger partial charge in [0.2, 0.25) is 0 Å². The van der Waals surface area contributed by atoms with Crippen LogP contribution in [-0.4, -0.2) is 32.5 Å². The molecule has 0 bridgehead atoms. The molecule has 1 aromatic carbocycles. The quantitative estimate of drug-likeness (QED) is 0.797.